The van der Waals surface area contributed by atoms with Crippen LogP contribution in [-0.2, 0) is 24.9 Å². The molecule has 112 valence electrons. The molecular weight excluding hydrogens is 282 g/mol. The minimum Gasteiger partial charge on any atom is -0.312 e. The van der Waals surface area contributed by atoms with E-state index in [0.717, 1.165) is 36.6 Å². The van der Waals surface area contributed by atoms with Gasteiger partial charge in [-0.05, 0) is 11.6 Å². The molecule has 21 heavy (non-hydrogen) atoms. The molecule has 3 nitrogen and oxygen atoms in total. The van der Waals surface area contributed by atoms with E-state index < -0.39 is 0 Å². The van der Waals surface area contributed by atoms with Gasteiger partial charge >= 0.3 is 0 Å². The quantitative estimate of drug-likeness (QED) is 0.920. The minimum atomic E-state index is 0.0643. The number of rotatable bonds is 2. The molecule has 0 radical (unpaired) electrons. The molecule has 0 spiro atoms. The molecule has 1 aromatic carbocycles. The summed E-state index contributed by atoms with van der Waals surface area (Å²) < 4.78 is 2.15. The fraction of sp³-hybridized carbons (Fsp3) is 0.471. The molecule has 4 heteroatoms. The van der Waals surface area contributed by atoms with Gasteiger partial charge in [0.2, 0.25) is 0 Å². The third kappa shape index (κ3) is 2.85. The van der Waals surface area contributed by atoms with Crippen molar-refractivity contribution in [2.24, 2.45) is 0 Å². The lowest BCUT2D eigenvalue weighted by Crippen LogP contribution is -2.26. The maximum absolute atomic E-state index is 6.30. The first kappa shape index (κ1) is 14.6. The molecular formula is C17H22ClN3. The molecule has 3 rings (SSSR count). The maximum atomic E-state index is 6.30. The van der Waals surface area contributed by atoms with Gasteiger partial charge < -0.3 is 5.32 Å². The summed E-state index contributed by atoms with van der Waals surface area (Å²) in [6.45, 7) is 9.37. The SMILES string of the molecule is CC(C)(C)c1nn(Cc2ccccc2Cl)c2c1CNCC2. The van der Waals surface area contributed by atoms with E-state index in [1.807, 2.05) is 18.2 Å². The summed E-state index contributed by atoms with van der Waals surface area (Å²) in [4.78, 5) is 0. The van der Waals surface area contributed by atoms with Crippen molar-refractivity contribution >= 4 is 11.6 Å². The van der Waals surface area contributed by atoms with Gasteiger partial charge in [0.1, 0.15) is 0 Å². The summed E-state index contributed by atoms with van der Waals surface area (Å²) in [5, 5.41) is 9.19. The molecule has 0 bridgehead atoms. The first-order valence-corrected chi connectivity index (χ1v) is 7.88. The monoisotopic (exact) mass is 303 g/mol. The van der Waals surface area contributed by atoms with E-state index in [4.69, 9.17) is 16.7 Å². The highest BCUT2D eigenvalue weighted by Crippen LogP contribution is 2.29. The number of fused-ring (bicyclic) bond motifs is 1. The molecule has 0 fully saturated rings. The standard InChI is InChI=1S/C17H22ClN3/c1-17(2,3)16-13-10-19-9-8-15(13)21(20-16)11-12-6-4-5-7-14(12)18/h4-7,19H,8-11H2,1-3H3. The van der Waals surface area contributed by atoms with Crippen molar-refractivity contribution in [2.45, 2.75) is 45.7 Å². The van der Waals surface area contributed by atoms with Crippen LogP contribution in [0.5, 0.6) is 0 Å². The van der Waals surface area contributed by atoms with Crippen LogP contribution in [0.4, 0.5) is 0 Å². The first-order valence-electron chi connectivity index (χ1n) is 7.50. The number of aromatic nitrogens is 2. The molecule has 0 saturated carbocycles. The van der Waals surface area contributed by atoms with Crippen LogP contribution in [0, 0.1) is 0 Å². The summed E-state index contributed by atoms with van der Waals surface area (Å²) in [6, 6.07) is 8.02. The van der Waals surface area contributed by atoms with Crippen LogP contribution in [0.15, 0.2) is 24.3 Å². The molecule has 0 atom stereocenters. The van der Waals surface area contributed by atoms with Crippen LogP contribution in [0.2, 0.25) is 5.02 Å². The van der Waals surface area contributed by atoms with E-state index in [0.29, 0.717) is 0 Å². The Labute approximate surface area is 131 Å². The van der Waals surface area contributed by atoms with Crippen molar-refractivity contribution in [3.63, 3.8) is 0 Å². The molecule has 0 aliphatic carbocycles. The first-order chi connectivity index (χ1) is 9.97. The predicted molar refractivity (Wildman–Crippen MR) is 86.9 cm³/mol. The van der Waals surface area contributed by atoms with Crippen LogP contribution in [0.25, 0.3) is 0 Å². The number of benzene rings is 1. The summed E-state index contributed by atoms with van der Waals surface area (Å²) >= 11 is 6.30. The topological polar surface area (TPSA) is 29.9 Å². The fourth-order valence-electron chi connectivity index (χ4n) is 2.94. The number of nitrogens with one attached hydrogen (secondary N) is 1. The highest BCUT2D eigenvalue weighted by Gasteiger charge is 2.27. The van der Waals surface area contributed by atoms with Crippen molar-refractivity contribution in [3.05, 3.63) is 51.8 Å². The van der Waals surface area contributed by atoms with Gasteiger partial charge in [-0.15, -0.1) is 0 Å². The lowest BCUT2D eigenvalue weighted by atomic mass is 9.88. The Morgan fingerprint density at radius 2 is 2.05 bits per heavy atom. The summed E-state index contributed by atoms with van der Waals surface area (Å²) in [6.07, 6.45) is 1.03. The third-order valence-corrected chi connectivity index (χ3v) is 4.36. The van der Waals surface area contributed by atoms with Gasteiger partial charge in [-0.25, -0.2) is 0 Å². The predicted octanol–water partition coefficient (Wildman–Crippen LogP) is 3.53. The summed E-state index contributed by atoms with van der Waals surface area (Å²) in [7, 11) is 0. The smallest absolute Gasteiger partial charge is 0.0725 e. The molecule has 1 aliphatic rings. The Morgan fingerprint density at radius 1 is 1.29 bits per heavy atom. The molecule has 2 heterocycles. The number of hydrogen-bond acceptors (Lipinski definition) is 2. The zero-order valence-electron chi connectivity index (χ0n) is 12.9. The van der Waals surface area contributed by atoms with E-state index in [2.05, 4.69) is 36.8 Å². The van der Waals surface area contributed by atoms with E-state index >= 15 is 0 Å². The number of nitrogens with zero attached hydrogens (tertiary/aromatic N) is 2. The molecule has 1 aliphatic heterocycles. The minimum absolute atomic E-state index is 0.0643. The van der Waals surface area contributed by atoms with E-state index in [1.54, 1.807) is 0 Å². The average molecular weight is 304 g/mol. The number of halogens is 1. The third-order valence-electron chi connectivity index (χ3n) is 4.00. The Bertz CT molecular complexity index is 653. The zero-order valence-corrected chi connectivity index (χ0v) is 13.7. The largest absolute Gasteiger partial charge is 0.312 e. The molecule has 0 saturated heterocycles. The normalized spacial score (nSPS) is 15.0. The highest BCUT2D eigenvalue weighted by atomic mass is 35.5. The molecule has 2 aromatic rings. The van der Waals surface area contributed by atoms with Crippen molar-refractivity contribution in [1.29, 1.82) is 0 Å². The van der Waals surface area contributed by atoms with E-state index in [1.165, 1.54) is 17.0 Å². The van der Waals surface area contributed by atoms with Gasteiger partial charge in [0.15, 0.2) is 0 Å². The van der Waals surface area contributed by atoms with E-state index in [-0.39, 0.29) is 5.41 Å². The average Bonchev–Trinajstić information content (AvgIpc) is 2.81. The lowest BCUT2D eigenvalue weighted by Gasteiger charge is -2.20. The fourth-order valence-corrected chi connectivity index (χ4v) is 3.14. The van der Waals surface area contributed by atoms with E-state index in [9.17, 15) is 0 Å². The Balaban J connectivity index is 2.03. The van der Waals surface area contributed by atoms with Gasteiger partial charge in [0.05, 0.1) is 12.2 Å². The van der Waals surface area contributed by atoms with Crippen LogP contribution >= 0.6 is 11.6 Å². The van der Waals surface area contributed by atoms with Crippen molar-refractivity contribution in [3.8, 4) is 0 Å². The van der Waals surface area contributed by atoms with Gasteiger partial charge in [-0.1, -0.05) is 50.6 Å². The van der Waals surface area contributed by atoms with Crippen LogP contribution in [0.3, 0.4) is 0 Å². The second-order valence-corrected chi connectivity index (χ2v) is 7.11. The highest BCUT2D eigenvalue weighted by molar-refractivity contribution is 6.31. The van der Waals surface area contributed by atoms with Crippen molar-refractivity contribution < 1.29 is 0 Å². The summed E-state index contributed by atoms with van der Waals surface area (Å²) in [5.74, 6) is 0. The van der Waals surface area contributed by atoms with Crippen LogP contribution in [0.1, 0.15) is 43.3 Å². The second kappa shape index (κ2) is 5.47. The van der Waals surface area contributed by atoms with Crippen LogP contribution < -0.4 is 5.32 Å². The van der Waals surface area contributed by atoms with Gasteiger partial charge in [-0.2, -0.15) is 5.10 Å². The molecule has 1 aromatic heterocycles. The lowest BCUT2D eigenvalue weighted by molar-refractivity contribution is 0.539. The summed E-state index contributed by atoms with van der Waals surface area (Å²) in [5.41, 5.74) is 5.13. The van der Waals surface area contributed by atoms with Gasteiger partial charge in [-0.3, -0.25) is 4.68 Å². The Kier molecular flexibility index (Phi) is 3.80. The van der Waals surface area contributed by atoms with Crippen molar-refractivity contribution in [2.75, 3.05) is 6.54 Å². The Hall–Kier alpha value is -1.32. The molecule has 0 unspecified atom stereocenters. The van der Waals surface area contributed by atoms with Gasteiger partial charge in [0.25, 0.3) is 0 Å². The van der Waals surface area contributed by atoms with Crippen molar-refractivity contribution in [1.82, 2.24) is 15.1 Å². The van der Waals surface area contributed by atoms with Crippen LogP contribution in [-0.4, -0.2) is 16.3 Å². The number of hydrogen-bond donors (Lipinski definition) is 1. The Morgan fingerprint density at radius 3 is 2.76 bits per heavy atom. The molecule has 0 amide bonds. The maximum Gasteiger partial charge on any atom is 0.0725 e. The zero-order chi connectivity index (χ0) is 15.0. The molecule has 1 N–H and O–H groups in total. The second-order valence-electron chi connectivity index (χ2n) is 6.70. The van der Waals surface area contributed by atoms with Gasteiger partial charge in [0, 0.05) is 41.2 Å².